The minimum Gasteiger partial charge on any atom is -0.269 e. The zero-order chi connectivity index (χ0) is 41.7. The van der Waals surface area contributed by atoms with E-state index in [1.807, 2.05) is 0 Å². The maximum atomic E-state index is 3.91. The molecule has 0 fully saturated rings. The van der Waals surface area contributed by atoms with Gasteiger partial charge in [-0.15, -0.1) is 43.6 Å². The molecule has 5 heteroatoms. The molecule has 324 valence electrons. The van der Waals surface area contributed by atoms with Crippen LogP contribution >= 0.6 is 37.2 Å². The Bertz CT molecular complexity index is 2570. The van der Waals surface area contributed by atoms with Crippen molar-refractivity contribution in [2.45, 2.75) is 19.8 Å². The van der Waals surface area contributed by atoms with Gasteiger partial charge in [-0.1, -0.05) is 247 Å². The standard InChI is InChI=1S/C61H47Si.3ClH.Ti/c1-2-45-34-21-35-61(45)62(58-39-52(46-22-9-3-10-23-46)36-53(40-58)47-24-11-4-12-25-47,59-41-54(48-26-13-5-14-27-48)37-55(42-59)49-28-15-6-16-29-49)60-43-56(50-30-17-7-18-31-50)38-57(44-60)51-32-19-8-20-33-51;;;;/h3-20,22-33,35-44H,2,21H2,1H3;3*1H;/q-1;;;;. The summed E-state index contributed by atoms with van der Waals surface area (Å²) < 4.78 is 0. The van der Waals surface area contributed by atoms with Gasteiger partial charge in [-0.3, -0.25) is 6.08 Å². The van der Waals surface area contributed by atoms with Crippen LogP contribution in [-0.4, -0.2) is 8.07 Å². The van der Waals surface area contributed by atoms with E-state index >= 15 is 0 Å². The van der Waals surface area contributed by atoms with Gasteiger partial charge in [0.05, 0.1) is 8.07 Å². The van der Waals surface area contributed by atoms with Crippen molar-refractivity contribution in [3.05, 3.63) is 260 Å². The third-order valence-electron chi connectivity index (χ3n) is 12.4. The average Bonchev–Trinajstić information content (AvgIpc) is 3.85. The molecule has 0 atom stereocenters. The molecule has 0 aromatic heterocycles. The van der Waals surface area contributed by atoms with Crippen LogP contribution in [0.25, 0.3) is 66.8 Å². The second-order valence-corrected chi connectivity index (χ2v) is 19.9. The van der Waals surface area contributed by atoms with E-state index < -0.39 is 8.07 Å². The molecule has 9 aromatic carbocycles. The molecule has 0 radical (unpaired) electrons. The zero-order valence-electron chi connectivity index (χ0n) is 36.7. The Morgan fingerprint density at radius 1 is 0.333 bits per heavy atom. The number of halogens is 3. The predicted molar refractivity (Wildman–Crippen MR) is 288 cm³/mol. The minimum atomic E-state index is -3.30. The molecule has 0 amide bonds. The van der Waals surface area contributed by atoms with Gasteiger partial charge in [-0.2, -0.15) is 11.3 Å². The molecule has 0 saturated heterocycles. The van der Waals surface area contributed by atoms with Gasteiger partial charge in [0.1, 0.15) is 0 Å². The Labute approximate surface area is 425 Å². The fourth-order valence-electron chi connectivity index (χ4n) is 9.47. The maximum Gasteiger partial charge on any atom is 0.0995 e. The Morgan fingerprint density at radius 3 is 0.773 bits per heavy atom. The number of hydrogen-bond acceptors (Lipinski definition) is 0. The van der Waals surface area contributed by atoms with E-state index in [4.69, 9.17) is 0 Å². The second-order valence-electron chi connectivity index (χ2n) is 16.2. The van der Waals surface area contributed by atoms with Crippen LogP contribution in [0, 0.1) is 6.08 Å². The topological polar surface area (TPSA) is 0 Å². The van der Waals surface area contributed by atoms with Gasteiger partial charge in [0, 0.05) is 21.7 Å². The van der Waals surface area contributed by atoms with Crippen LogP contribution < -0.4 is 15.6 Å². The Hall–Kier alpha value is -5.74. The molecule has 0 heterocycles. The van der Waals surface area contributed by atoms with E-state index in [1.54, 1.807) is 0 Å². The van der Waals surface area contributed by atoms with Gasteiger partial charge in [-0.25, -0.2) is 5.57 Å². The summed E-state index contributed by atoms with van der Waals surface area (Å²) in [5, 5.41) is 5.49. The van der Waals surface area contributed by atoms with Crippen LogP contribution in [0.5, 0.6) is 0 Å². The maximum absolute atomic E-state index is 3.91. The number of benzene rings is 9. The molecule has 9 aromatic rings. The first-order valence-corrected chi connectivity index (χ1v) is 23.8. The van der Waals surface area contributed by atoms with Gasteiger partial charge in [0.15, 0.2) is 0 Å². The first-order chi connectivity index (χ1) is 30.7. The summed E-state index contributed by atoms with van der Waals surface area (Å²) in [7, 11) is -3.30. The average molecular weight is 965 g/mol. The van der Waals surface area contributed by atoms with Gasteiger partial charge in [-0.05, 0) is 85.0 Å². The van der Waals surface area contributed by atoms with Crippen molar-refractivity contribution in [1.29, 1.82) is 0 Å². The van der Waals surface area contributed by atoms with E-state index in [1.165, 1.54) is 93.1 Å². The van der Waals surface area contributed by atoms with E-state index in [2.05, 4.69) is 256 Å². The van der Waals surface area contributed by atoms with Crippen molar-refractivity contribution in [3.63, 3.8) is 0 Å². The van der Waals surface area contributed by atoms with Crippen LogP contribution in [-0.2, 0) is 21.7 Å². The van der Waals surface area contributed by atoms with Crippen molar-refractivity contribution in [2.75, 3.05) is 0 Å². The summed E-state index contributed by atoms with van der Waals surface area (Å²) in [5.41, 5.74) is 15.9. The molecule has 10 rings (SSSR count). The van der Waals surface area contributed by atoms with Crippen molar-refractivity contribution in [1.82, 2.24) is 0 Å². The fraction of sp³-hybridized carbons (Fsp3) is 0.0492. The molecule has 0 saturated carbocycles. The molecular weight excluding hydrogens is 915 g/mol. The Morgan fingerprint density at radius 2 is 0.561 bits per heavy atom. The van der Waals surface area contributed by atoms with Crippen LogP contribution in [0.3, 0.4) is 0 Å². The second kappa shape index (κ2) is 22.6. The van der Waals surface area contributed by atoms with Gasteiger partial charge in [0.25, 0.3) is 0 Å². The predicted octanol–water partition coefficient (Wildman–Crippen LogP) is 15.4. The van der Waals surface area contributed by atoms with Crippen LogP contribution in [0.15, 0.2) is 253 Å². The molecule has 0 N–H and O–H groups in total. The number of allylic oxidation sites excluding steroid dienone is 4. The van der Waals surface area contributed by atoms with Crippen LogP contribution in [0.2, 0.25) is 0 Å². The monoisotopic (exact) mass is 963 g/mol. The molecule has 66 heavy (non-hydrogen) atoms. The summed E-state index contributed by atoms with van der Waals surface area (Å²) in [6.07, 6.45) is 8.13. The largest absolute Gasteiger partial charge is 0.269 e. The quantitative estimate of drug-likeness (QED) is 0.0688. The summed E-state index contributed by atoms with van der Waals surface area (Å²) in [4.78, 5) is 0. The first-order valence-electron chi connectivity index (χ1n) is 21.8. The summed E-state index contributed by atoms with van der Waals surface area (Å²) in [6, 6.07) is 88.0. The molecule has 1 aliphatic rings. The molecular formula is C61H50Cl3SiTi-. The summed E-state index contributed by atoms with van der Waals surface area (Å²) >= 11 is 0. The van der Waals surface area contributed by atoms with Gasteiger partial charge >= 0.3 is 0 Å². The van der Waals surface area contributed by atoms with Crippen LogP contribution in [0.1, 0.15) is 19.8 Å². The first kappa shape index (κ1) is 49.7. The van der Waals surface area contributed by atoms with Gasteiger partial charge < -0.3 is 0 Å². The fourth-order valence-corrected chi connectivity index (χ4v) is 14.8. The van der Waals surface area contributed by atoms with Crippen LogP contribution in [0.4, 0.5) is 0 Å². The van der Waals surface area contributed by atoms with E-state index in [-0.39, 0.29) is 58.9 Å². The van der Waals surface area contributed by atoms with Crippen molar-refractivity contribution in [3.8, 4) is 66.8 Å². The molecule has 0 bridgehead atoms. The third-order valence-corrected chi connectivity index (χ3v) is 17.2. The molecule has 1 aliphatic carbocycles. The SMILES string of the molecule is CCC1=[C-]CC=C1[Si](c1cc(-c2ccccc2)cc(-c2ccccc2)c1)(c1cc(-c2ccccc2)cc(-c2ccccc2)c1)c1cc(-c2ccccc2)cc(-c2ccccc2)c1.Cl.Cl.Cl.[Ti]. The number of hydrogen-bond donors (Lipinski definition) is 0. The number of rotatable bonds is 11. The summed E-state index contributed by atoms with van der Waals surface area (Å²) in [6.45, 7) is 2.31. The van der Waals surface area contributed by atoms with Crippen molar-refractivity contribution < 1.29 is 21.7 Å². The third kappa shape index (κ3) is 9.99. The minimum absolute atomic E-state index is 0. The Kier molecular flexibility index (Phi) is 17.0. The van der Waals surface area contributed by atoms with E-state index in [0.717, 1.165) is 12.8 Å². The normalized spacial score (nSPS) is 11.7. The molecule has 0 spiro atoms. The molecule has 0 nitrogen and oxygen atoms in total. The Balaban J connectivity index is 0.00000180. The van der Waals surface area contributed by atoms with E-state index in [0.29, 0.717) is 0 Å². The zero-order valence-corrected chi connectivity index (χ0v) is 41.7. The molecule has 0 unspecified atom stereocenters. The smallest absolute Gasteiger partial charge is 0.0995 e. The van der Waals surface area contributed by atoms with Crippen molar-refractivity contribution in [2.24, 2.45) is 0 Å². The molecule has 0 aliphatic heterocycles. The van der Waals surface area contributed by atoms with Crippen molar-refractivity contribution >= 4 is 60.9 Å². The van der Waals surface area contributed by atoms with E-state index in [9.17, 15) is 0 Å². The van der Waals surface area contributed by atoms with Gasteiger partial charge in [0.2, 0.25) is 0 Å². The summed E-state index contributed by atoms with van der Waals surface area (Å²) in [5.74, 6) is 0.